The number of hydrogen-bond acceptors (Lipinski definition) is 7. The standard InChI is InChI=1S/C34H25F4N3O5S2/c35-16-7-9-17(10-8-16)41-31(43)26-19-13-20(27(26)32(41)44)28-25(19)24(29-30(47-28)40-33(45)48-29)15-5-11-18(12-6-15)46-14-23(42)39-22-4-2-1-3-21(22)34(36,37)38/h1-12,19-20,24-28H,13-14H2,(H,39,42)(H,40,45)/t19?,20?,24-,25?,26?,27?,28?/m1/s1. The van der Waals surface area contributed by atoms with Gasteiger partial charge in [0.05, 0.1) is 33.8 Å². The van der Waals surface area contributed by atoms with Crippen molar-refractivity contribution in [1.29, 1.82) is 0 Å². The van der Waals surface area contributed by atoms with Crippen molar-refractivity contribution in [2.24, 2.45) is 29.6 Å². The van der Waals surface area contributed by atoms with Gasteiger partial charge in [0.15, 0.2) is 6.61 Å². The first-order chi connectivity index (χ1) is 23.0. The summed E-state index contributed by atoms with van der Waals surface area (Å²) in [6.45, 7) is -0.520. The highest BCUT2D eigenvalue weighted by Gasteiger charge is 2.69. The molecule has 1 aromatic heterocycles. The third-order valence-corrected chi connectivity index (χ3v) is 12.5. The highest BCUT2D eigenvalue weighted by Crippen LogP contribution is 2.68. The summed E-state index contributed by atoms with van der Waals surface area (Å²) in [5.41, 5.74) is -0.105. The molecule has 2 bridgehead atoms. The number of rotatable bonds is 6. The van der Waals surface area contributed by atoms with Crippen LogP contribution in [0.4, 0.5) is 28.9 Å². The van der Waals surface area contributed by atoms with Crippen LogP contribution in [0, 0.1) is 35.4 Å². The number of halogens is 4. The van der Waals surface area contributed by atoms with E-state index in [1.807, 2.05) is 12.1 Å². The van der Waals surface area contributed by atoms with Crippen molar-refractivity contribution in [2.45, 2.75) is 28.8 Å². The molecule has 48 heavy (non-hydrogen) atoms. The van der Waals surface area contributed by atoms with Crippen LogP contribution >= 0.6 is 23.1 Å². The Balaban J connectivity index is 1.03. The molecule has 3 fully saturated rings. The van der Waals surface area contributed by atoms with Crippen LogP contribution in [0.25, 0.3) is 0 Å². The Hall–Kier alpha value is -4.43. The van der Waals surface area contributed by atoms with Gasteiger partial charge in [-0.3, -0.25) is 24.1 Å². The van der Waals surface area contributed by atoms with Gasteiger partial charge >= 0.3 is 11.0 Å². The summed E-state index contributed by atoms with van der Waals surface area (Å²) in [4.78, 5) is 57.4. The molecule has 8 rings (SSSR count). The summed E-state index contributed by atoms with van der Waals surface area (Å²) in [5, 5.41) is 2.98. The number of nitrogens with zero attached hydrogens (tertiary/aromatic N) is 1. The minimum absolute atomic E-state index is 0.0249. The van der Waals surface area contributed by atoms with Gasteiger partial charge in [-0.1, -0.05) is 35.6 Å². The number of aromatic amines is 1. The van der Waals surface area contributed by atoms with Crippen molar-refractivity contribution in [3.63, 3.8) is 0 Å². The monoisotopic (exact) mass is 695 g/mol. The number of hydrogen-bond donors (Lipinski definition) is 2. The van der Waals surface area contributed by atoms with Gasteiger partial charge in [0.1, 0.15) is 11.6 Å². The van der Waals surface area contributed by atoms with Gasteiger partial charge < -0.3 is 15.0 Å². The number of amides is 3. The average Bonchev–Trinajstić information content (AvgIpc) is 3.79. The topological polar surface area (TPSA) is 109 Å². The number of thioether (sulfide) groups is 1. The van der Waals surface area contributed by atoms with Gasteiger partial charge in [0.25, 0.3) is 5.91 Å². The lowest BCUT2D eigenvalue weighted by Crippen LogP contribution is -2.42. The quantitative estimate of drug-likeness (QED) is 0.181. The summed E-state index contributed by atoms with van der Waals surface area (Å²) in [6.07, 6.45) is -3.93. The van der Waals surface area contributed by atoms with Gasteiger partial charge in [-0.15, -0.1) is 11.8 Å². The number of ether oxygens (including phenoxy) is 1. The first kappa shape index (κ1) is 30.9. The maximum absolute atomic E-state index is 13.8. The van der Waals surface area contributed by atoms with Crippen molar-refractivity contribution in [2.75, 3.05) is 16.8 Å². The molecule has 3 amide bonds. The summed E-state index contributed by atoms with van der Waals surface area (Å²) < 4.78 is 59.2. The third-order valence-electron chi connectivity index (χ3n) is 9.92. The van der Waals surface area contributed by atoms with E-state index in [0.29, 0.717) is 17.9 Å². The van der Waals surface area contributed by atoms with E-state index in [9.17, 15) is 36.7 Å². The van der Waals surface area contributed by atoms with Crippen LogP contribution in [0.3, 0.4) is 0 Å². The molecule has 246 valence electrons. The average molecular weight is 696 g/mol. The lowest BCUT2D eigenvalue weighted by atomic mass is 9.68. The number of H-pyrrole nitrogens is 1. The molecule has 2 aliphatic heterocycles. The van der Waals surface area contributed by atoms with E-state index in [0.717, 1.165) is 32.9 Å². The number of benzene rings is 3. The van der Waals surface area contributed by atoms with E-state index in [4.69, 9.17) is 4.74 Å². The summed E-state index contributed by atoms with van der Waals surface area (Å²) in [6, 6.07) is 17.0. The number of imide groups is 1. The predicted molar refractivity (Wildman–Crippen MR) is 169 cm³/mol. The van der Waals surface area contributed by atoms with E-state index in [1.54, 1.807) is 23.9 Å². The van der Waals surface area contributed by atoms with E-state index >= 15 is 0 Å². The van der Waals surface area contributed by atoms with Crippen LogP contribution < -0.4 is 19.8 Å². The van der Waals surface area contributed by atoms with Gasteiger partial charge in [-0.2, -0.15) is 13.2 Å². The van der Waals surface area contributed by atoms with Gasteiger partial charge in [-0.25, -0.2) is 4.39 Å². The Morgan fingerprint density at radius 1 is 0.938 bits per heavy atom. The molecule has 8 nitrogen and oxygen atoms in total. The highest BCUT2D eigenvalue weighted by molar-refractivity contribution is 8.00. The number of anilines is 2. The lowest BCUT2D eigenvalue weighted by molar-refractivity contribution is -0.137. The molecule has 2 saturated carbocycles. The third kappa shape index (κ3) is 4.95. The van der Waals surface area contributed by atoms with E-state index in [1.165, 1.54) is 47.4 Å². The Bertz CT molecular complexity index is 2010. The minimum Gasteiger partial charge on any atom is -0.484 e. The smallest absolute Gasteiger partial charge is 0.418 e. The maximum atomic E-state index is 13.8. The molecular formula is C34H25F4N3O5S2. The molecule has 4 aliphatic rings. The molecule has 6 unspecified atom stereocenters. The minimum atomic E-state index is -4.63. The number of para-hydroxylation sites is 1. The van der Waals surface area contributed by atoms with Crippen LogP contribution in [0.2, 0.25) is 0 Å². The van der Waals surface area contributed by atoms with Crippen LogP contribution in [-0.2, 0) is 20.6 Å². The molecule has 4 aromatic rings. The summed E-state index contributed by atoms with van der Waals surface area (Å²) >= 11 is 2.69. The second-order valence-corrected chi connectivity index (χ2v) is 14.6. The SMILES string of the molecule is O=C(COc1ccc([C@H]2c3sc(=O)[nH]c3SC3C4CC(C5C(=O)N(c6ccc(F)cc6)C(=O)C45)C32)cc1)Nc1ccccc1C(F)(F)F. The summed E-state index contributed by atoms with van der Waals surface area (Å²) in [5.74, 6) is -2.94. The second kappa shape index (κ2) is 11.3. The Kier molecular flexibility index (Phi) is 7.29. The van der Waals surface area contributed by atoms with Crippen LogP contribution in [0.15, 0.2) is 82.6 Å². The number of carbonyl (C=O) groups is 3. The number of aromatic nitrogens is 1. The van der Waals surface area contributed by atoms with E-state index in [-0.39, 0.29) is 51.3 Å². The molecule has 2 N–H and O–H groups in total. The zero-order valence-corrected chi connectivity index (χ0v) is 26.3. The van der Waals surface area contributed by atoms with E-state index < -0.39 is 41.9 Å². The fourth-order valence-electron chi connectivity index (χ4n) is 8.18. The zero-order chi connectivity index (χ0) is 33.5. The first-order valence-electron chi connectivity index (χ1n) is 15.2. The van der Waals surface area contributed by atoms with Crippen molar-refractivity contribution < 1.29 is 36.7 Å². The summed E-state index contributed by atoms with van der Waals surface area (Å²) in [7, 11) is 0. The number of alkyl halides is 3. The Morgan fingerprint density at radius 2 is 1.62 bits per heavy atom. The molecule has 3 aromatic carbocycles. The molecule has 7 atom stereocenters. The first-order valence-corrected chi connectivity index (χ1v) is 16.9. The van der Waals surface area contributed by atoms with Crippen molar-refractivity contribution in [3.8, 4) is 5.75 Å². The molecule has 2 aliphatic carbocycles. The van der Waals surface area contributed by atoms with Gasteiger partial charge in [0, 0.05) is 16.0 Å². The van der Waals surface area contributed by atoms with E-state index in [2.05, 4.69) is 10.3 Å². The van der Waals surface area contributed by atoms with Crippen LogP contribution in [0.1, 0.15) is 28.3 Å². The lowest BCUT2D eigenvalue weighted by Gasteiger charge is -2.43. The number of nitrogens with one attached hydrogen (secondary N) is 2. The second-order valence-electron chi connectivity index (χ2n) is 12.4. The van der Waals surface area contributed by atoms with Crippen molar-refractivity contribution in [3.05, 3.63) is 104 Å². The zero-order valence-electron chi connectivity index (χ0n) is 24.7. The van der Waals surface area contributed by atoms with Crippen LogP contribution in [0.5, 0.6) is 5.75 Å². The maximum Gasteiger partial charge on any atom is 0.418 e. The molecule has 0 radical (unpaired) electrons. The highest BCUT2D eigenvalue weighted by atomic mass is 32.2. The number of fused-ring (bicyclic) bond motifs is 9. The number of carbonyl (C=O) groups excluding carboxylic acids is 3. The Labute approximate surface area is 278 Å². The van der Waals surface area contributed by atoms with Crippen LogP contribution in [-0.4, -0.2) is 34.6 Å². The Morgan fingerprint density at radius 3 is 2.33 bits per heavy atom. The predicted octanol–water partition coefficient (Wildman–Crippen LogP) is 6.29. The fourth-order valence-corrected chi connectivity index (χ4v) is 11.1. The molecule has 0 spiro atoms. The molecular weight excluding hydrogens is 671 g/mol. The van der Waals surface area contributed by atoms with Gasteiger partial charge in [0.2, 0.25) is 11.8 Å². The molecule has 1 saturated heterocycles. The largest absolute Gasteiger partial charge is 0.484 e. The number of thiazole rings is 1. The molecule has 3 heterocycles. The fraction of sp³-hybridized carbons (Fsp3) is 0.294. The normalized spacial score (nSPS) is 27.1. The van der Waals surface area contributed by atoms with Crippen molar-refractivity contribution in [1.82, 2.24) is 4.98 Å². The van der Waals surface area contributed by atoms with Crippen molar-refractivity contribution >= 4 is 52.2 Å². The molecule has 14 heteroatoms. The van der Waals surface area contributed by atoms with Gasteiger partial charge in [-0.05, 0) is 78.3 Å².